The number of nitrogens with zero attached hydrogens (tertiary/aromatic N) is 1. The molecule has 13 heavy (non-hydrogen) atoms. The van der Waals surface area contributed by atoms with Crippen molar-refractivity contribution in [2.45, 2.75) is 40.5 Å². The van der Waals surface area contributed by atoms with Crippen LogP contribution in [-0.4, -0.2) is 10.2 Å². The second-order valence-electron chi connectivity index (χ2n) is 2.96. The van der Waals surface area contributed by atoms with Gasteiger partial charge in [-0.1, -0.05) is 27.7 Å². The number of aromatic amines is 1. The zero-order valence-electron chi connectivity index (χ0n) is 9.01. The topological polar surface area (TPSA) is 45.8 Å². The minimum atomic E-state index is 0.0243. The Balaban J connectivity index is 0.000000671. The summed E-state index contributed by atoms with van der Waals surface area (Å²) in [6.07, 6.45) is 0. The average Bonchev–Trinajstić information content (AvgIpc) is 2.07. The molecule has 3 heteroatoms. The Kier molecular flexibility index (Phi) is 5.04. The van der Waals surface area contributed by atoms with Crippen molar-refractivity contribution in [1.29, 1.82) is 0 Å². The van der Waals surface area contributed by atoms with Crippen molar-refractivity contribution in [1.82, 2.24) is 10.2 Å². The fourth-order valence-electron chi connectivity index (χ4n) is 0.920. The largest absolute Gasteiger partial charge is 0.288 e. The molecule has 0 aliphatic rings. The Hall–Kier alpha value is -1.12. The van der Waals surface area contributed by atoms with Gasteiger partial charge in [0.15, 0.2) is 0 Å². The molecule has 0 unspecified atom stereocenters. The van der Waals surface area contributed by atoms with Crippen molar-refractivity contribution < 1.29 is 0 Å². The van der Waals surface area contributed by atoms with Crippen LogP contribution in [0.3, 0.4) is 0 Å². The normalized spacial score (nSPS) is 9.38. The fraction of sp³-hybridized carbons (Fsp3) is 0.600. The molecule has 1 heterocycles. The SMILES string of the molecule is CC.Cc1cc(=O)c(C(C)C)n[nH]1. The summed E-state index contributed by atoms with van der Waals surface area (Å²) in [7, 11) is 0. The van der Waals surface area contributed by atoms with Crippen LogP contribution in [0.15, 0.2) is 10.9 Å². The van der Waals surface area contributed by atoms with E-state index >= 15 is 0 Å². The van der Waals surface area contributed by atoms with Gasteiger partial charge in [-0.15, -0.1) is 0 Å². The molecule has 0 aliphatic heterocycles. The number of nitrogens with one attached hydrogen (secondary N) is 1. The predicted octanol–water partition coefficient (Wildman–Crippen LogP) is 2.23. The summed E-state index contributed by atoms with van der Waals surface area (Å²) in [5, 5.41) is 6.71. The molecular formula is C10H18N2O. The van der Waals surface area contributed by atoms with Crippen LogP contribution in [0.5, 0.6) is 0 Å². The van der Waals surface area contributed by atoms with Crippen LogP contribution in [0.4, 0.5) is 0 Å². The van der Waals surface area contributed by atoms with Gasteiger partial charge >= 0.3 is 0 Å². The van der Waals surface area contributed by atoms with Gasteiger partial charge in [-0.3, -0.25) is 9.89 Å². The van der Waals surface area contributed by atoms with E-state index < -0.39 is 0 Å². The van der Waals surface area contributed by atoms with Crippen molar-refractivity contribution in [3.63, 3.8) is 0 Å². The third kappa shape index (κ3) is 3.40. The Labute approximate surface area is 79.2 Å². The van der Waals surface area contributed by atoms with Crippen LogP contribution >= 0.6 is 0 Å². The van der Waals surface area contributed by atoms with Crippen LogP contribution in [0, 0.1) is 6.92 Å². The molecule has 74 valence electrons. The molecule has 0 saturated heterocycles. The summed E-state index contributed by atoms with van der Waals surface area (Å²) in [6, 6.07) is 1.57. The second kappa shape index (κ2) is 5.51. The van der Waals surface area contributed by atoms with Gasteiger partial charge < -0.3 is 0 Å². The first-order chi connectivity index (χ1) is 6.11. The van der Waals surface area contributed by atoms with E-state index in [2.05, 4.69) is 10.2 Å². The molecule has 0 radical (unpaired) electrons. The molecule has 0 amide bonds. The Morgan fingerprint density at radius 3 is 2.31 bits per heavy atom. The van der Waals surface area contributed by atoms with Gasteiger partial charge in [-0.05, 0) is 6.92 Å². The predicted molar refractivity (Wildman–Crippen MR) is 55.0 cm³/mol. The molecule has 0 atom stereocenters. The molecule has 1 aromatic heterocycles. The molecule has 0 bridgehead atoms. The maximum absolute atomic E-state index is 11.2. The molecule has 1 rings (SSSR count). The van der Waals surface area contributed by atoms with Crippen molar-refractivity contribution in [3.05, 3.63) is 27.7 Å². The monoisotopic (exact) mass is 182 g/mol. The number of H-pyrrole nitrogens is 1. The van der Waals surface area contributed by atoms with Crippen LogP contribution in [-0.2, 0) is 0 Å². The summed E-state index contributed by atoms with van der Waals surface area (Å²) in [6.45, 7) is 9.72. The lowest BCUT2D eigenvalue weighted by atomic mass is 10.1. The van der Waals surface area contributed by atoms with E-state index in [1.165, 1.54) is 0 Å². The highest BCUT2D eigenvalue weighted by Gasteiger charge is 2.04. The minimum absolute atomic E-state index is 0.0243. The van der Waals surface area contributed by atoms with Crippen LogP contribution < -0.4 is 5.43 Å². The van der Waals surface area contributed by atoms with Crippen LogP contribution in [0.25, 0.3) is 0 Å². The highest BCUT2D eigenvalue weighted by Crippen LogP contribution is 2.03. The van der Waals surface area contributed by atoms with Gasteiger partial charge in [0, 0.05) is 17.7 Å². The van der Waals surface area contributed by atoms with Gasteiger partial charge in [-0.2, -0.15) is 5.10 Å². The third-order valence-corrected chi connectivity index (χ3v) is 1.50. The molecule has 0 spiro atoms. The van der Waals surface area contributed by atoms with Crippen LogP contribution in [0.1, 0.15) is 45.0 Å². The van der Waals surface area contributed by atoms with E-state index in [1.54, 1.807) is 6.07 Å². The zero-order valence-corrected chi connectivity index (χ0v) is 9.01. The second-order valence-corrected chi connectivity index (χ2v) is 2.96. The number of hydrogen-bond acceptors (Lipinski definition) is 2. The summed E-state index contributed by atoms with van der Waals surface area (Å²) in [5.74, 6) is 0.194. The van der Waals surface area contributed by atoms with Crippen molar-refractivity contribution >= 4 is 0 Å². The first kappa shape index (κ1) is 11.9. The average molecular weight is 182 g/mol. The molecular weight excluding hydrogens is 164 g/mol. The summed E-state index contributed by atoms with van der Waals surface area (Å²) >= 11 is 0. The first-order valence-corrected chi connectivity index (χ1v) is 4.67. The van der Waals surface area contributed by atoms with E-state index in [0.717, 1.165) is 5.69 Å². The number of hydrogen-bond donors (Lipinski definition) is 1. The summed E-state index contributed by atoms with van der Waals surface area (Å²) in [5.41, 5.74) is 1.44. The highest BCUT2D eigenvalue weighted by molar-refractivity contribution is 5.08. The lowest BCUT2D eigenvalue weighted by Crippen LogP contribution is -2.13. The smallest absolute Gasteiger partial charge is 0.203 e. The molecule has 1 N–H and O–H groups in total. The minimum Gasteiger partial charge on any atom is -0.288 e. The van der Waals surface area contributed by atoms with Gasteiger partial charge in [-0.25, -0.2) is 0 Å². The van der Waals surface area contributed by atoms with E-state index in [-0.39, 0.29) is 11.3 Å². The van der Waals surface area contributed by atoms with Crippen molar-refractivity contribution in [3.8, 4) is 0 Å². The van der Waals surface area contributed by atoms with E-state index in [0.29, 0.717) is 5.69 Å². The molecule has 0 aliphatic carbocycles. The van der Waals surface area contributed by atoms with Gasteiger partial charge in [0.2, 0.25) is 5.43 Å². The van der Waals surface area contributed by atoms with Crippen molar-refractivity contribution in [2.24, 2.45) is 0 Å². The lowest BCUT2D eigenvalue weighted by Gasteiger charge is -2.01. The molecule has 0 aromatic carbocycles. The maximum Gasteiger partial charge on any atom is 0.203 e. The van der Waals surface area contributed by atoms with Crippen molar-refractivity contribution in [2.75, 3.05) is 0 Å². The highest BCUT2D eigenvalue weighted by atomic mass is 16.1. The number of aryl methyl sites for hydroxylation is 1. The van der Waals surface area contributed by atoms with E-state index in [9.17, 15) is 4.79 Å². The molecule has 3 nitrogen and oxygen atoms in total. The Morgan fingerprint density at radius 1 is 1.38 bits per heavy atom. The Morgan fingerprint density at radius 2 is 1.92 bits per heavy atom. The molecule has 0 saturated carbocycles. The van der Waals surface area contributed by atoms with E-state index in [4.69, 9.17) is 0 Å². The maximum atomic E-state index is 11.2. The van der Waals surface area contributed by atoms with Gasteiger partial charge in [0.1, 0.15) is 5.69 Å². The Bertz CT molecular complexity index is 302. The lowest BCUT2D eigenvalue weighted by molar-refractivity contribution is 0.765. The fourth-order valence-corrected chi connectivity index (χ4v) is 0.920. The molecule has 0 fully saturated rings. The van der Waals surface area contributed by atoms with Crippen LogP contribution in [0.2, 0.25) is 0 Å². The number of rotatable bonds is 1. The van der Waals surface area contributed by atoms with E-state index in [1.807, 2.05) is 34.6 Å². The summed E-state index contributed by atoms with van der Waals surface area (Å²) in [4.78, 5) is 11.2. The quantitative estimate of drug-likeness (QED) is 0.724. The standard InChI is InChI=1S/C8H12N2O.C2H6/c1-5(2)8-7(11)4-6(3)9-10-8;1-2/h4-5H,1-3H3,(H,9,11);1-2H3. The summed E-state index contributed by atoms with van der Waals surface area (Å²) < 4.78 is 0. The molecule has 1 aromatic rings. The van der Waals surface area contributed by atoms with Gasteiger partial charge in [0.25, 0.3) is 0 Å². The third-order valence-electron chi connectivity index (χ3n) is 1.50. The number of aromatic nitrogens is 2. The first-order valence-electron chi connectivity index (χ1n) is 4.67. The zero-order chi connectivity index (χ0) is 10.4. The van der Waals surface area contributed by atoms with Gasteiger partial charge in [0.05, 0.1) is 0 Å².